The number of nitrogens with zero attached hydrogens (tertiary/aromatic N) is 1. The Labute approximate surface area is 109 Å². The molecule has 0 saturated carbocycles. The van der Waals surface area contributed by atoms with Crippen LogP contribution >= 0.6 is 15.9 Å². The van der Waals surface area contributed by atoms with E-state index in [-0.39, 0.29) is 12.7 Å². The lowest BCUT2D eigenvalue weighted by molar-refractivity contribution is -0.0551. The standard InChI is InChI=1S/C12H17BrN2O2/c13-12-9(2-1-3-11(12)14)6-15-4-5-17-10(7-15)8-16/h1-3,10,16H,4-8,14H2. The zero-order valence-corrected chi connectivity index (χ0v) is 11.2. The van der Waals surface area contributed by atoms with Crippen molar-refractivity contribution in [2.75, 3.05) is 32.0 Å². The maximum atomic E-state index is 9.09. The van der Waals surface area contributed by atoms with Gasteiger partial charge in [0.2, 0.25) is 0 Å². The van der Waals surface area contributed by atoms with E-state index >= 15 is 0 Å². The van der Waals surface area contributed by atoms with Gasteiger partial charge in [-0.05, 0) is 27.6 Å². The summed E-state index contributed by atoms with van der Waals surface area (Å²) in [6.07, 6.45) is -0.0661. The van der Waals surface area contributed by atoms with Crippen LogP contribution in [0.4, 0.5) is 5.69 Å². The van der Waals surface area contributed by atoms with Gasteiger partial charge in [0.05, 0.1) is 19.3 Å². The molecule has 4 nitrogen and oxygen atoms in total. The number of benzene rings is 1. The molecule has 0 bridgehead atoms. The molecule has 1 saturated heterocycles. The number of halogens is 1. The largest absolute Gasteiger partial charge is 0.398 e. The first-order valence-electron chi connectivity index (χ1n) is 5.68. The van der Waals surface area contributed by atoms with E-state index in [1.54, 1.807) is 0 Å². The van der Waals surface area contributed by atoms with Crippen LogP contribution in [0, 0.1) is 0 Å². The number of aliphatic hydroxyl groups is 1. The lowest BCUT2D eigenvalue weighted by atomic mass is 10.1. The second-order valence-corrected chi connectivity index (χ2v) is 5.02. The first kappa shape index (κ1) is 12.8. The van der Waals surface area contributed by atoms with Gasteiger partial charge in [0.25, 0.3) is 0 Å². The molecule has 1 heterocycles. The molecule has 0 spiro atoms. The second-order valence-electron chi connectivity index (χ2n) is 4.23. The molecule has 94 valence electrons. The van der Waals surface area contributed by atoms with Crippen LogP contribution in [-0.4, -0.2) is 42.4 Å². The highest BCUT2D eigenvalue weighted by atomic mass is 79.9. The van der Waals surface area contributed by atoms with Crippen molar-refractivity contribution in [1.29, 1.82) is 0 Å². The van der Waals surface area contributed by atoms with Gasteiger partial charge in [-0.2, -0.15) is 0 Å². The Kier molecular flexibility index (Phi) is 4.39. The third-order valence-electron chi connectivity index (χ3n) is 2.93. The molecular formula is C12H17BrN2O2. The van der Waals surface area contributed by atoms with Gasteiger partial charge in [-0.3, -0.25) is 4.90 Å². The van der Waals surface area contributed by atoms with Crippen molar-refractivity contribution in [3.63, 3.8) is 0 Å². The van der Waals surface area contributed by atoms with Crippen LogP contribution in [0.5, 0.6) is 0 Å². The quantitative estimate of drug-likeness (QED) is 0.824. The van der Waals surface area contributed by atoms with Gasteiger partial charge < -0.3 is 15.6 Å². The van der Waals surface area contributed by atoms with Crippen molar-refractivity contribution in [2.24, 2.45) is 0 Å². The highest BCUT2D eigenvalue weighted by molar-refractivity contribution is 9.10. The van der Waals surface area contributed by atoms with Crippen molar-refractivity contribution in [2.45, 2.75) is 12.6 Å². The highest BCUT2D eigenvalue weighted by Gasteiger charge is 2.20. The number of morpholine rings is 1. The number of aliphatic hydroxyl groups excluding tert-OH is 1. The van der Waals surface area contributed by atoms with Gasteiger partial charge in [-0.25, -0.2) is 0 Å². The molecule has 1 unspecified atom stereocenters. The van der Waals surface area contributed by atoms with E-state index in [0.717, 1.165) is 29.8 Å². The second kappa shape index (κ2) is 5.82. The lowest BCUT2D eigenvalue weighted by Crippen LogP contribution is -2.43. The zero-order valence-electron chi connectivity index (χ0n) is 9.60. The highest BCUT2D eigenvalue weighted by Crippen LogP contribution is 2.25. The number of hydrogen-bond acceptors (Lipinski definition) is 4. The van der Waals surface area contributed by atoms with Crippen molar-refractivity contribution in [1.82, 2.24) is 4.90 Å². The van der Waals surface area contributed by atoms with E-state index in [2.05, 4.69) is 26.9 Å². The summed E-state index contributed by atoms with van der Waals surface area (Å²) < 4.78 is 6.39. The molecule has 1 fully saturated rings. The molecule has 1 atom stereocenters. The summed E-state index contributed by atoms with van der Waals surface area (Å²) >= 11 is 3.51. The number of nitrogens with two attached hydrogens (primary N) is 1. The Morgan fingerprint density at radius 2 is 2.35 bits per heavy atom. The van der Waals surface area contributed by atoms with Gasteiger partial charge in [-0.15, -0.1) is 0 Å². The van der Waals surface area contributed by atoms with Crippen LogP contribution in [0.2, 0.25) is 0 Å². The van der Waals surface area contributed by atoms with Crippen LogP contribution in [0.15, 0.2) is 22.7 Å². The van der Waals surface area contributed by atoms with Gasteiger partial charge in [0.15, 0.2) is 0 Å². The number of hydrogen-bond donors (Lipinski definition) is 2. The topological polar surface area (TPSA) is 58.7 Å². The Balaban J connectivity index is 2.02. The summed E-state index contributed by atoms with van der Waals surface area (Å²) in [6, 6.07) is 5.90. The summed E-state index contributed by atoms with van der Waals surface area (Å²) in [4.78, 5) is 2.27. The number of nitrogen functional groups attached to an aromatic ring is 1. The summed E-state index contributed by atoms with van der Waals surface area (Å²) in [5.74, 6) is 0. The van der Waals surface area contributed by atoms with Crippen molar-refractivity contribution < 1.29 is 9.84 Å². The normalized spacial score (nSPS) is 21.6. The fourth-order valence-electron chi connectivity index (χ4n) is 2.00. The Bertz CT molecular complexity index is 387. The van der Waals surface area contributed by atoms with Crippen LogP contribution in [0.3, 0.4) is 0 Å². The molecule has 1 aliphatic rings. The predicted octanol–water partition coefficient (Wildman–Crippen LogP) is 1.22. The summed E-state index contributed by atoms with van der Waals surface area (Å²) in [5.41, 5.74) is 7.78. The monoisotopic (exact) mass is 300 g/mol. The number of anilines is 1. The van der Waals surface area contributed by atoms with Crippen molar-refractivity contribution in [3.05, 3.63) is 28.2 Å². The summed E-state index contributed by atoms with van der Waals surface area (Å²) in [6.45, 7) is 3.22. The minimum Gasteiger partial charge on any atom is -0.398 e. The van der Waals surface area contributed by atoms with Crippen LogP contribution in [-0.2, 0) is 11.3 Å². The van der Waals surface area contributed by atoms with E-state index in [1.807, 2.05) is 12.1 Å². The molecule has 1 aromatic rings. The predicted molar refractivity (Wildman–Crippen MR) is 70.7 cm³/mol. The van der Waals surface area contributed by atoms with E-state index in [4.69, 9.17) is 15.6 Å². The average molecular weight is 301 g/mol. The molecule has 1 aromatic carbocycles. The minimum absolute atomic E-state index is 0.0661. The Morgan fingerprint density at radius 3 is 3.12 bits per heavy atom. The number of ether oxygens (including phenoxy) is 1. The van der Waals surface area contributed by atoms with E-state index < -0.39 is 0 Å². The SMILES string of the molecule is Nc1cccc(CN2CCOC(CO)C2)c1Br. The summed E-state index contributed by atoms with van der Waals surface area (Å²) in [7, 11) is 0. The molecule has 1 aliphatic heterocycles. The lowest BCUT2D eigenvalue weighted by Gasteiger charge is -2.32. The van der Waals surface area contributed by atoms with Gasteiger partial charge in [0.1, 0.15) is 0 Å². The zero-order chi connectivity index (χ0) is 12.3. The van der Waals surface area contributed by atoms with Gasteiger partial charge >= 0.3 is 0 Å². The molecule has 0 aromatic heterocycles. The molecule has 0 radical (unpaired) electrons. The van der Waals surface area contributed by atoms with E-state index in [9.17, 15) is 0 Å². The molecule has 2 rings (SSSR count). The maximum Gasteiger partial charge on any atom is 0.0933 e. The van der Waals surface area contributed by atoms with E-state index in [1.165, 1.54) is 5.56 Å². The van der Waals surface area contributed by atoms with Crippen molar-refractivity contribution >= 4 is 21.6 Å². The maximum absolute atomic E-state index is 9.09. The summed E-state index contributed by atoms with van der Waals surface area (Å²) in [5, 5.41) is 9.09. The molecule has 3 N–H and O–H groups in total. The average Bonchev–Trinajstić information content (AvgIpc) is 2.35. The fourth-order valence-corrected chi connectivity index (χ4v) is 2.39. The molecule has 5 heteroatoms. The van der Waals surface area contributed by atoms with Gasteiger partial charge in [-0.1, -0.05) is 12.1 Å². The third kappa shape index (κ3) is 3.19. The van der Waals surface area contributed by atoms with Crippen LogP contribution < -0.4 is 5.73 Å². The molecule has 17 heavy (non-hydrogen) atoms. The number of rotatable bonds is 3. The minimum atomic E-state index is -0.0661. The first-order chi connectivity index (χ1) is 8.20. The van der Waals surface area contributed by atoms with Crippen LogP contribution in [0.1, 0.15) is 5.56 Å². The Hall–Kier alpha value is -0.620. The van der Waals surface area contributed by atoms with Crippen LogP contribution in [0.25, 0.3) is 0 Å². The van der Waals surface area contributed by atoms with Gasteiger partial charge in [0, 0.05) is 29.8 Å². The molecule has 0 aliphatic carbocycles. The first-order valence-corrected chi connectivity index (χ1v) is 6.47. The third-order valence-corrected chi connectivity index (χ3v) is 3.90. The van der Waals surface area contributed by atoms with Crippen molar-refractivity contribution in [3.8, 4) is 0 Å². The molecular weight excluding hydrogens is 284 g/mol. The van der Waals surface area contributed by atoms with E-state index in [0.29, 0.717) is 6.61 Å². The smallest absolute Gasteiger partial charge is 0.0933 e. The Morgan fingerprint density at radius 1 is 1.53 bits per heavy atom. The fraction of sp³-hybridized carbons (Fsp3) is 0.500. The molecule has 0 amide bonds.